The lowest BCUT2D eigenvalue weighted by molar-refractivity contribution is 0.800. The lowest BCUT2D eigenvalue weighted by Crippen LogP contribution is -2.15. The molecule has 0 unspecified atom stereocenters. The second-order valence-electron chi connectivity index (χ2n) is 3.62. The van der Waals surface area contributed by atoms with Gasteiger partial charge in [-0.15, -0.1) is 0 Å². The fourth-order valence-electron chi connectivity index (χ4n) is 0.890. The first-order valence-electron chi connectivity index (χ1n) is 3.86. The van der Waals surface area contributed by atoms with Crippen LogP contribution in [-0.2, 0) is 11.8 Å². The fourth-order valence-corrected chi connectivity index (χ4v) is 1.99. The molecule has 0 nitrogen and oxygen atoms in total. The molecule has 0 aromatic heterocycles. The molecular formula is C10H15S+. The largest absolute Gasteiger partial charge is 0.153 e. The molecule has 0 N–H and O–H groups in total. The minimum atomic E-state index is 0.376. The molecule has 60 valence electrons. The van der Waals surface area contributed by atoms with Crippen LogP contribution in [0.5, 0.6) is 0 Å². The van der Waals surface area contributed by atoms with Crippen molar-refractivity contribution in [2.45, 2.75) is 30.4 Å². The van der Waals surface area contributed by atoms with Gasteiger partial charge in [-0.3, -0.25) is 0 Å². The van der Waals surface area contributed by atoms with E-state index in [9.17, 15) is 0 Å². The first-order valence-corrected chi connectivity index (χ1v) is 4.75. The van der Waals surface area contributed by atoms with E-state index in [1.807, 2.05) is 0 Å². The summed E-state index contributed by atoms with van der Waals surface area (Å²) in [5.74, 6) is 0. The smallest absolute Gasteiger partial charge is 0.0619 e. The van der Waals surface area contributed by atoms with Crippen LogP contribution in [0.2, 0.25) is 0 Å². The molecule has 1 rings (SSSR count). The third-order valence-corrected chi connectivity index (χ3v) is 2.45. The zero-order valence-electron chi connectivity index (χ0n) is 7.33. The van der Waals surface area contributed by atoms with Crippen LogP contribution >= 0.6 is 0 Å². The van der Waals surface area contributed by atoms with E-state index in [1.165, 1.54) is 16.7 Å². The van der Waals surface area contributed by atoms with Crippen LogP contribution in [0.3, 0.4) is 0 Å². The van der Waals surface area contributed by atoms with E-state index in [0.29, 0.717) is 4.75 Å². The first-order chi connectivity index (χ1) is 5.08. The molecule has 0 atom stereocenters. The van der Waals surface area contributed by atoms with Crippen LogP contribution in [0.25, 0.3) is 0 Å². The molecule has 0 radical (unpaired) electrons. The predicted octanol–water partition coefficient (Wildman–Crippen LogP) is 2.66. The van der Waals surface area contributed by atoms with Crippen LogP contribution in [-0.4, -0.2) is 4.75 Å². The summed E-state index contributed by atoms with van der Waals surface area (Å²) in [5.41, 5.74) is 0. The number of hydrogen-bond acceptors (Lipinski definition) is 0. The Balaban J connectivity index is 2.66. The summed E-state index contributed by atoms with van der Waals surface area (Å²) in [5, 5.41) is 0. The van der Waals surface area contributed by atoms with Crippen molar-refractivity contribution in [3.8, 4) is 0 Å². The molecule has 0 heterocycles. The maximum absolute atomic E-state index is 2.25. The normalized spacial score (nSPS) is 11.5. The standard InChI is InChI=1S/C10H14S/c1-10(2,3)11-9-7-5-4-6-8-9/h4-8H,1-3H3/p+1. The zero-order chi connectivity index (χ0) is 8.32. The van der Waals surface area contributed by atoms with E-state index in [4.69, 9.17) is 0 Å². The van der Waals surface area contributed by atoms with Crippen molar-refractivity contribution in [2.24, 2.45) is 0 Å². The number of hydrogen-bond donors (Lipinski definition) is 0. The highest BCUT2D eigenvalue weighted by molar-refractivity contribution is 7.80. The quantitative estimate of drug-likeness (QED) is 0.445. The van der Waals surface area contributed by atoms with Crippen LogP contribution in [0.4, 0.5) is 0 Å². The van der Waals surface area contributed by atoms with Crippen LogP contribution in [0.15, 0.2) is 35.2 Å². The van der Waals surface area contributed by atoms with E-state index in [0.717, 1.165) is 0 Å². The van der Waals surface area contributed by atoms with E-state index < -0.39 is 0 Å². The van der Waals surface area contributed by atoms with E-state index in [-0.39, 0.29) is 0 Å². The van der Waals surface area contributed by atoms with Gasteiger partial charge in [0.25, 0.3) is 0 Å². The molecule has 0 aliphatic carbocycles. The van der Waals surface area contributed by atoms with E-state index >= 15 is 0 Å². The second-order valence-corrected chi connectivity index (χ2v) is 5.70. The fraction of sp³-hybridized carbons (Fsp3) is 0.400. The van der Waals surface area contributed by atoms with Gasteiger partial charge in [-0.1, -0.05) is 18.2 Å². The van der Waals surface area contributed by atoms with Crippen molar-refractivity contribution >= 4 is 11.8 Å². The van der Waals surface area contributed by atoms with Gasteiger partial charge in [0.15, 0.2) is 4.90 Å². The topological polar surface area (TPSA) is 0 Å². The van der Waals surface area contributed by atoms with E-state index in [2.05, 4.69) is 51.1 Å². The molecule has 1 heteroatoms. The number of rotatable bonds is 1. The van der Waals surface area contributed by atoms with Crippen molar-refractivity contribution in [1.29, 1.82) is 0 Å². The highest BCUT2D eigenvalue weighted by Gasteiger charge is 2.20. The molecule has 0 amide bonds. The third kappa shape index (κ3) is 3.47. The Bertz CT molecular complexity index is 208. The molecule has 0 fully saturated rings. The van der Waals surface area contributed by atoms with Crippen LogP contribution in [0.1, 0.15) is 20.8 Å². The van der Waals surface area contributed by atoms with Crippen molar-refractivity contribution < 1.29 is 0 Å². The second kappa shape index (κ2) is 3.31. The predicted molar refractivity (Wildman–Crippen MR) is 53.2 cm³/mol. The van der Waals surface area contributed by atoms with Gasteiger partial charge in [-0.2, -0.15) is 0 Å². The van der Waals surface area contributed by atoms with Gasteiger partial charge in [-0.05, 0) is 32.9 Å². The zero-order valence-corrected chi connectivity index (χ0v) is 8.23. The molecule has 0 aliphatic heterocycles. The molecule has 1 aromatic rings. The Hall–Kier alpha value is -0.430. The monoisotopic (exact) mass is 167 g/mol. The van der Waals surface area contributed by atoms with Crippen LogP contribution < -0.4 is 0 Å². The Labute approximate surface area is 73.0 Å². The van der Waals surface area contributed by atoms with Gasteiger partial charge in [0.1, 0.15) is 4.75 Å². The molecule has 1 aromatic carbocycles. The average molecular weight is 167 g/mol. The van der Waals surface area contributed by atoms with Gasteiger partial charge in [0, 0.05) is 11.8 Å². The van der Waals surface area contributed by atoms with Crippen molar-refractivity contribution in [2.75, 3.05) is 0 Å². The minimum absolute atomic E-state index is 0.376. The summed E-state index contributed by atoms with van der Waals surface area (Å²) in [6, 6.07) is 10.6. The molecule has 0 saturated heterocycles. The Kier molecular flexibility index (Phi) is 2.61. The molecule has 0 aliphatic rings. The minimum Gasteiger partial charge on any atom is -0.0619 e. The lowest BCUT2D eigenvalue weighted by atomic mass is 10.3. The summed E-state index contributed by atoms with van der Waals surface area (Å²) < 4.78 is 0.376. The summed E-state index contributed by atoms with van der Waals surface area (Å²) in [7, 11) is 0. The Morgan fingerprint density at radius 2 is 1.55 bits per heavy atom. The van der Waals surface area contributed by atoms with Crippen molar-refractivity contribution in [3.05, 3.63) is 30.3 Å². The first kappa shape index (κ1) is 8.66. The highest BCUT2D eigenvalue weighted by atomic mass is 32.2. The van der Waals surface area contributed by atoms with Crippen LogP contribution in [0, 0.1) is 0 Å². The maximum Gasteiger partial charge on any atom is 0.153 e. The summed E-state index contributed by atoms with van der Waals surface area (Å²) in [4.78, 5) is 1.40. The van der Waals surface area contributed by atoms with Gasteiger partial charge in [0.2, 0.25) is 0 Å². The molecule has 0 spiro atoms. The van der Waals surface area contributed by atoms with Gasteiger partial charge >= 0.3 is 0 Å². The number of benzene rings is 1. The maximum atomic E-state index is 2.25. The van der Waals surface area contributed by atoms with Gasteiger partial charge in [0.05, 0.1) is 0 Å². The lowest BCUT2D eigenvalue weighted by Gasteiger charge is -2.07. The van der Waals surface area contributed by atoms with Gasteiger partial charge < -0.3 is 0 Å². The summed E-state index contributed by atoms with van der Waals surface area (Å²) in [6.07, 6.45) is 0. The highest BCUT2D eigenvalue weighted by Crippen LogP contribution is 2.15. The molecule has 0 saturated carbocycles. The average Bonchev–Trinajstić information content (AvgIpc) is 1.85. The summed E-state index contributed by atoms with van der Waals surface area (Å²) >= 11 is 1.41. The molecule has 11 heavy (non-hydrogen) atoms. The molecule has 0 bridgehead atoms. The van der Waals surface area contributed by atoms with E-state index in [1.54, 1.807) is 0 Å². The summed E-state index contributed by atoms with van der Waals surface area (Å²) in [6.45, 7) is 6.75. The van der Waals surface area contributed by atoms with Gasteiger partial charge in [-0.25, -0.2) is 0 Å². The Morgan fingerprint density at radius 1 is 1.00 bits per heavy atom. The van der Waals surface area contributed by atoms with Crippen molar-refractivity contribution in [3.63, 3.8) is 0 Å². The Morgan fingerprint density at radius 3 is 2.00 bits per heavy atom. The molecular weight excluding hydrogens is 152 g/mol. The third-order valence-electron chi connectivity index (χ3n) is 1.22. The SMILES string of the molecule is CC(C)(C)[SH+]c1ccccc1. The van der Waals surface area contributed by atoms with Crippen molar-refractivity contribution in [1.82, 2.24) is 0 Å². The number of thiol groups is 1.